The van der Waals surface area contributed by atoms with Gasteiger partial charge in [0.1, 0.15) is 5.60 Å². The lowest BCUT2D eigenvalue weighted by molar-refractivity contribution is -0.0958. The number of amides is 1. The molecule has 2 aliphatic rings. The molecule has 16 heavy (non-hydrogen) atoms. The van der Waals surface area contributed by atoms with Crippen LogP contribution in [0.15, 0.2) is 18.5 Å². The number of likely N-dealkylation sites (tertiary alicyclic amines) is 1. The number of β-amino-alcohol motifs (C(OH)–C–C–N with tert-alkyl or cyclic N) is 1. The molecule has 1 aromatic rings. The molecule has 0 aromatic carbocycles. The van der Waals surface area contributed by atoms with Crippen molar-refractivity contribution < 1.29 is 9.90 Å². The van der Waals surface area contributed by atoms with Gasteiger partial charge in [-0.1, -0.05) is 0 Å². The summed E-state index contributed by atoms with van der Waals surface area (Å²) in [4.78, 5) is 13.6. The smallest absolute Gasteiger partial charge is 0.255 e. The van der Waals surface area contributed by atoms with Gasteiger partial charge in [0.25, 0.3) is 5.91 Å². The van der Waals surface area contributed by atoms with Crippen molar-refractivity contribution in [2.24, 2.45) is 5.92 Å². The van der Waals surface area contributed by atoms with Gasteiger partial charge in [-0.25, -0.2) is 0 Å². The van der Waals surface area contributed by atoms with E-state index in [1.807, 2.05) is 0 Å². The van der Waals surface area contributed by atoms with Crippen LogP contribution in [0.2, 0.25) is 0 Å². The summed E-state index contributed by atoms with van der Waals surface area (Å²) in [7, 11) is 0. The number of aliphatic hydroxyl groups is 1. The van der Waals surface area contributed by atoms with Crippen molar-refractivity contribution >= 4 is 5.91 Å². The van der Waals surface area contributed by atoms with Gasteiger partial charge in [-0.2, -0.15) is 10.2 Å². The Morgan fingerprint density at radius 3 is 2.75 bits per heavy atom. The van der Waals surface area contributed by atoms with Crippen LogP contribution in [0, 0.1) is 5.92 Å². The largest absolute Gasteiger partial charge is 0.386 e. The first-order valence-electron chi connectivity index (χ1n) is 5.47. The summed E-state index contributed by atoms with van der Waals surface area (Å²) in [5, 5.41) is 17.4. The van der Waals surface area contributed by atoms with Crippen LogP contribution in [0.5, 0.6) is 0 Å². The van der Waals surface area contributed by atoms with Crippen molar-refractivity contribution in [2.45, 2.75) is 18.4 Å². The first-order valence-corrected chi connectivity index (χ1v) is 5.47. The number of nitrogens with zero attached hydrogens (tertiary/aromatic N) is 3. The number of hydrogen-bond donors (Lipinski definition) is 1. The molecule has 0 spiro atoms. The van der Waals surface area contributed by atoms with Crippen LogP contribution in [0.1, 0.15) is 23.2 Å². The molecular weight excluding hydrogens is 206 g/mol. The summed E-state index contributed by atoms with van der Waals surface area (Å²) < 4.78 is 0. The number of rotatable bonds is 2. The fraction of sp³-hybridized carbons (Fsp3) is 0.545. The van der Waals surface area contributed by atoms with E-state index in [2.05, 4.69) is 10.2 Å². The number of carbonyl (C=O) groups is 1. The second-order valence-electron chi connectivity index (χ2n) is 4.67. The summed E-state index contributed by atoms with van der Waals surface area (Å²) in [6, 6.07) is 1.64. The summed E-state index contributed by atoms with van der Waals surface area (Å²) in [6.07, 6.45) is 5.14. The van der Waals surface area contributed by atoms with E-state index in [1.54, 1.807) is 11.0 Å². The normalized spacial score (nSPS) is 22.7. The molecule has 1 aliphatic carbocycles. The van der Waals surface area contributed by atoms with E-state index in [9.17, 15) is 9.90 Å². The molecule has 1 N–H and O–H groups in total. The summed E-state index contributed by atoms with van der Waals surface area (Å²) in [5.74, 6) is 0.340. The van der Waals surface area contributed by atoms with Gasteiger partial charge >= 0.3 is 0 Å². The summed E-state index contributed by atoms with van der Waals surface area (Å²) >= 11 is 0. The van der Waals surface area contributed by atoms with Crippen LogP contribution in [0.25, 0.3) is 0 Å². The van der Waals surface area contributed by atoms with E-state index >= 15 is 0 Å². The van der Waals surface area contributed by atoms with Crippen LogP contribution in [0.4, 0.5) is 0 Å². The number of hydrogen-bond acceptors (Lipinski definition) is 4. The third-order valence-corrected chi connectivity index (χ3v) is 3.39. The highest BCUT2D eigenvalue weighted by molar-refractivity contribution is 5.94. The summed E-state index contributed by atoms with van der Waals surface area (Å²) in [6.45, 7) is 0.914. The topological polar surface area (TPSA) is 66.3 Å². The Balaban J connectivity index is 1.66. The fourth-order valence-electron chi connectivity index (χ4n) is 2.24. The lowest BCUT2D eigenvalue weighted by Gasteiger charge is -2.46. The zero-order chi connectivity index (χ0) is 11.2. The standard InChI is InChI=1S/C11H13N3O2/c15-10(8-3-4-12-13-5-8)14-6-11(16,7-14)9-1-2-9/h3-5,9,16H,1-2,6-7H2. The Kier molecular flexibility index (Phi) is 1.97. The molecule has 1 amide bonds. The molecular formula is C11H13N3O2. The lowest BCUT2D eigenvalue weighted by Crippen LogP contribution is -2.64. The Morgan fingerprint density at radius 1 is 1.44 bits per heavy atom. The van der Waals surface area contributed by atoms with Crippen molar-refractivity contribution in [2.75, 3.05) is 13.1 Å². The maximum Gasteiger partial charge on any atom is 0.255 e. The van der Waals surface area contributed by atoms with E-state index in [0.29, 0.717) is 24.6 Å². The Bertz CT molecular complexity index is 410. The molecule has 1 aromatic heterocycles. The second-order valence-corrected chi connectivity index (χ2v) is 4.67. The van der Waals surface area contributed by atoms with Crippen molar-refractivity contribution in [3.05, 3.63) is 24.0 Å². The van der Waals surface area contributed by atoms with Crippen LogP contribution < -0.4 is 0 Å². The van der Waals surface area contributed by atoms with Crippen LogP contribution >= 0.6 is 0 Å². The molecule has 3 rings (SSSR count). The van der Waals surface area contributed by atoms with E-state index < -0.39 is 5.60 Å². The van der Waals surface area contributed by atoms with Gasteiger partial charge in [-0.15, -0.1) is 0 Å². The predicted molar refractivity (Wildman–Crippen MR) is 55.6 cm³/mol. The van der Waals surface area contributed by atoms with Gasteiger partial charge in [0.15, 0.2) is 0 Å². The third kappa shape index (κ3) is 1.48. The van der Waals surface area contributed by atoms with Crippen LogP contribution in [0.3, 0.4) is 0 Å². The molecule has 0 unspecified atom stereocenters. The van der Waals surface area contributed by atoms with E-state index in [1.165, 1.54) is 12.4 Å². The first-order chi connectivity index (χ1) is 7.69. The van der Waals surface area contributed by atoms with Crippen molar-refractivity contribution in [1.82, 2.24) is 15.1 Å². The average molecular weight is 219 g/mol. The Hall–Kier alpha value is -1.49. The highest BCUT2D eigenvalue weighted by Gasteiger charge is 2.53. The SMILES string of the molecule is O=C(c1ccnnc1)N1CC(O)(C2CC2)C1. The monoisotopic (exact) mass is 219 g/mol. The van der Waals surface area contributed by atoms with Gasteiger partial charge in [-0.3, -0.25) is 4.79 Å². The molecule has 5 nitrogen and oxygen atoms in total. The van der Waals surface area contributed by atoms with Gasteiger partial charge in [0, 0.05) is 0 Å². The van der Waals surface area contributed by atoms with Gasteiger partial charge in [0.2, 0.25) is 0 Å². The minimum absolute atomic E-state index is 0.0692. The quantitative estimate of drug-likeness (QED) is 0.764. The van der Waals surface area contributed by atoms with Crippen molar-refractivity contribution in [3.63, 3.8) is 0 Å². The third-order valence-electron chi connectivity index (χ3n) is 3.39. The molecule has 1 aliphatic heterocycles. The molecule has 2 fully saturated rings. The zero-order valence-electron chi connectivity index (χ0n) is 8.83. The van der Waals surface area contributed by atoms with Crippen molar-refractivity contribution in [1.29, 1.82) is 0 Å². The van der Waals surface area contributed by atoms with E-state index in [0.717, 1.165) is 12.8 Å². The highest BCUT2D eigenvalue weighted by Crippen LogP contribution is 2.44. The maximum absolute atomic E-state index is 11.9. The van der Waals surface area contributed by atoms with Crippen molar-refractivity contribution in [3.8, 4) is 0 Å². The summed E-state index contributed by atoms with van der Waals surface area (Å²) in [5.41, 5.74) is -0.0799. The van der Waals surface area contributed by atoms with Crippen LogP contribution in [-0.2, 0) is 0 Å². The van der Waals surface area contributed by atoms with E-state index in [-0.39, 0.29) is 5.91 Å². The van der Waals surface area contributed by atoms with Gasteiger partial charge < -0.3 is 10.0 Å². The second kappa shape index (κ2) is 3.25. The maximum atomic E-state index is 11.9. The lowest BCUT2D eigenvalue weighted by atomic mass is 9.88. The molecule has 5 heteroatoms. The molecule has 1 saturated carbocycles. The molecule has 0 radical (unpaired) electrons. The molecule has 2 heterocycles. The first kappa shape index (κ1) is 9.72. The molecule has 1 saturated heterocycles. The van der Waals surface area contributed by atoms with Gasteiger partial charge in [-0.05, 0) is 24.8 Å². The minimum atomic E-state index is -0.615. The Morgan fingerprint density at radius 2 is 2.19 bits per heavy atom. The Labute approximate surface area is 93.1 Å². The van der Waals surface area contributed by atoms with Crippen LogP contribution in [-0.4, -0.2) is 44.8 Å². The molecule has 0 bridgehead atoms. The molecule has 84 valence electrons. The zero-order valence-corrected chi connectivity index (χ0v) is 8.83. The highest BCUT2D eigenvalue weighted by atomic mass is 16.3. The number of aromatic nitrogens is 2. The van der Waals surface area contributed by atoms with Gasteiger partial charge in [0.05, 0.1) is 31.0 Å². The average Bonchev–Trinajstić information content (AvgIpc) is 3.09. The molecule has 0 atom stereocenters. The minimum Gasteiger partial charge on any atom is -0.386 e. The number of carbonyl (C=O) groups excluding carboxylic acids is 1. The van der Waals surface area contributed by atoms with E-state index in [4.69, 9.17) is 0 Å². The fourth-order valence-corrected chi connectivity index (χ4v) is 2.24. The predicted octanol–water partition coefficient (Wildman–Crippen LogP) is 0.0735.